The van der Waals surface area contributed by atoms with E-state index in [1.807, 2.05) is 29.2 Å². The van der Waals surface area contributed by atoms with Gasteiger partial charge in [0.25, 0.3) is 0 Å². The Morgan fingerprint density at radius 2 is 2.15 bits per heavy atom. The number of hydrogen-bond donors (Lipinski definition) is 2. The summed E-state index contributed by atoms with van der Waals surface area (Å²) in [7, 11) is 1.78. The first-order valence-electron chi connectivity index (χ1n) is 9.87. The fraction of sp³-hybridized carbons (Fsp3) is 0.550. The Hall–Kier alpha value is -2.57. The maximum atomic E-state index is 5.98. The van der Waals surface area contributed by atoms with Gasteiger partial charge in [0.2, 0.25) is 5.88 Å². The smallest absolute Gasteiger partial charge is 0.213 e. The van der Waals surface area contributed by atoms with Crippen LogP contribution < -0.4 is 15.4 Å². The molecule has 2 aromatic heterocycles. The Kier molecular flexibility index (Phi) is 7.50. The minimum absolute atomic E-state index is 0.333. The van der Waals surface area contributed by atoms with E-state index in [0.717, 1.165) is 49.8 Å². The number of aromatic nitrogens is 3. The van der Waals surface area contributed by atoms with Gasteiger partial charge < -0.3 is 15.4 Å². The number of ether oxygens (including phenoxy) is 1. The van der Waals surface area contributed by atoms with Crippen molar-refractivity contribution in [1.82, 2.24) is 25.4 Å². The topological polar surface area (TPSA) is 76.4 Å². The minimum Gasteiger partial charge on any atom is -0.474 e. The molecule has 0 unspecified atom stereocenters. The van der Waals surface area contributed by atoms with Crippen molar-refractivity contribution in [2.75, 3.05) is 13.6 Å². The highest BCUT2D eigenvalue weighted by molar-refractivity contribution is 5.79. The fourth-order valence-corrected chi connectivity index (χ4v) is 3.23. The fourth-order valence-electron chi connectivity index (χ4n) is 3.23. The summed E-state index contributed by atoms with van der Waals surface area (Å²) in [6.45, 7) is 2.41. The molecule has 146 valence electrons. The zero-order valence-corrected chi connectivity index (χ0v) is 16.1. The van der Waals surface area contributed by atoms with Crippen LogP contribution in [0.25, 0.3) is 0 Å². The Morgan fingerprint density at radius 1 is 1.26 bits per heavy atom. The van der Waals surface area contributed by atoms with Crippen LogP contribution in [0.2, 0.25) is 0 Å². The molecule has 0 aromatic carbocycles. The van der Waals surface area contributed by atoms with Gasteiger partial charge in [0.15, 0.2) is 5.96 Å². The second kappa shape index (κ2) is 10.5. The molecule has 0 radical (unpaired) electrons. The second-order valence-corrected chi connectivity index (χ2v) is 6.86. The van der Waals surface area contributed by atoms with Crippen LogP contribution >= 0.6 is 0 Å². The Balaban J connectivity index is 1.36. The zero-order valence-electron chi connectivity index (χ0n) is 16.1. The quantitative estimate of drug-likeness (QED) is 0.424. The summed E-state index contributed by atoms with van der Waals surface area (Å²) in [4.78, 5) is 8.71. The summed E-state index contributed by atoms with van der Waals surface area (Å²) >= 11 is 0. The third kappa shape index (κ3) is 6.58. The Labute approximate surface area is 161 Å². The summed E-state index contributed by atoms with van der Waals surface area (Å²) in [6.07, 6.45) is 13.1. The first kappa shape index (κ1) is 19.2. The van der Waals surface area contributed by atoms with E-state index in [4.69, 9.17) is 4.74 Å². The number of aliphatic imine (C=N–C) groups is 1. The third-order valence-electron chi connectivity index (χ3n) is 4.74. The first-order chi connectivity index (χ1) is 13.3. The van der Waals surface area contributed by atoms with Gasteiger partial charge >= 0.3 is 0 Å². The van der Waals surface area contributed by atoms with E-state index in [-0.39, 0.29) is 0 Å². The lowest BCUT2D eigenvalue weighted by atomic mass is 9.98. The summed E-state index contributed by atoms with van der Waals surface area (Å²) < 4.78 is 7.91. The Bertz CT molecular complexity index is 677. The molecule has 1 saturated carbocycles. The lowest BCUT2D eigenvalue weighted by Crippen LogP contribution is -2.37. The predicted octanol–water partition coefficient (Wildman–Crippen LogP) is 2.74. The van der Waals surface area contributed by atoms with Crippen molar-refractivity contribution in [2.24, 2.45) is 4.99 Å². The molecule has 0 saturated heterocycles. The molecule has 0 atom stereocenters. The molecule has 1 fully saturated rings. The van der Waals surface area contributed by atoms with Gasteiger partial charge in [0.1, 0.15) is 6.10 Å². The molecule has 7 heteroatoms. The highest BCUT2D eigenvalue weighted by Crippen LogP contribution is 2.22. The van der Waals surface area contributed by atoms with Gasteiger partial charge in [-0.1, -0.05) is 12.5 Å². The normalized spacial score (nSPS) is 15.5. The van der Waals surface area contributed by atoms with Gasteiger partial charge in [-0.3, -0.25) is 9.67 Å². The molecule has 2 aromatic rings. The van der Waals surface area contributed by atoms with Crippen molar-refractivity contribution in [2.45, 2.75) is 57.7 Å². The highest BCUT2D eigenvalue weighted by Gasteiger charge is 2.15. The lowest BCUT2D eigenvalue weighted by molar-refractivity contribution is 0.148. The Morgan fingerprint density at radius 3 is 2.85 bits per heavy atom. The number of guanidine groups is 1. The van der Waals surface area contributed by atoms with Crippen LogP contribution in [0.3, 0.4) is 0 Å². The van der Waals surface area contributed by atoms with Crippen LogP contribution in [0.1, 0.15) is 44.1 Å². The summed E-state index contributed by atoms with van der Waals surface area (Å²) in [6, 6.07) is 5.96. The molecule has 0 amide bonds. The van der Waals surface area contributed by atoms with E-state index in [2.05, 4.69) is 31.8 Å². The van der Waals surface area contributed by atoms with Crippen LogP contribution in [0.5, 0.6) is 5.88 Å². The lowest BCUT2D eigenvalue weighted by Gasteiger charge is -2.22. The number of nitrogens with zero attached hydrogens (tertiary/aromatic N) is 4. The first-order valence-corrected chi connectivity index (χ1v) is 9.87. The van der Waals surface area contributed by atoms with E-state index in [1.54, 1.807) is 13.2 Å². The molecular formula is C20H30N6O. The molecule has 7 nitrogen and oxygen atoms in total. The van der Waals surface area contributed by atoms with Gasteiger partial charge in [0, 0.05) is 51.3 Å². The largest absolute Gasteiger partial charge is 0.474 e. The molecular weight excluding hydrogens is 340 g/mol. The number of hydrogen-bond acceptors (Lipinski definition) is 4. The third-order valence-corrected chi connectivity index (χ3v) is 4.74. The van der Waals surface area contributed by atoms with Crippen LogP contribution in [0.15, 0.2) is 41.8 Å². The minimum atomic E-state index is 0.333. The van der Waals surface area contributed by atoms with E-state index >= 15 is 0 Å². The average Bonchev–Trinajstić information content (AvgIpc) is 3.23. The van der Waals surface area contributed by atoms with Gasteiger partial charge in [-0.25, -0.2) is 4.98 Å². The second-order valence-electron chi connectivity index (χ2n) is 6.86. The summed E-state index contributed by atoms with van der Waals surface area (Å²) in [5.41, 5.74) is 1.10. The summed E-state index contributed by atoms with van der Waals surface area (Å²) in [5.74, 6) is 1.52. The van der Waals surface area contributed by atoms with Crippen molar-refractivity contribution in [3.8, 4) is 5.88 Å². The van der Waals surface area contributed by atoms with Crippen molar-refractivity contribution in [3.63, 3.8) is 0 Å². The zero-order chi connectivity index (χ0) is 18.7. The van der Waals surface area contributed by atoms with Crippen molar-refractivity contribution in [1.29, 1.82) is 0 Å². The molecule has 2 N–H and O–H groups in total. The van der Waals surface area contributed by atoms with Gasteiger partial charge in [-0.15, -0.1) is 0 Å². The molecule has 27 heavy (non-hydrogen) atoms. The number of aryl methyl sites for hydroxylation is 1. The molecule has 0 aliphatic heterocycles. The van der Waals surface area contributed by atoms with Gasteiger partial charge in [-0.05, 0) is 43.7 Å². The monoisotopic (exact) mass is 370 g/mol. The van der Waals surface area contributed by atoms with Gasteiger partial charge in [-0.2, -0.15) is 5.10 Å². The molecule has 3 rings (SSSR count). The summed E-state index contributed by atoms with van der Waals surface area (Å²) in [5, 5.41) is 10.8. The van der Waals surface area contributed by atoms with Crippen LogP contribution in [0, 0.1) is 0 Å². The number of nitrogens with one attached hydrogen (secondary N) is 2. The van der Waals surface area contributed by atoms with Crippen LogP contribution in [0.4, 0.5) is 0 Å². The highest BCUT2D eigenvalue weighted by atomic mass is 16.5. The molecule has 1 aliphatic rings. The molecule has 2 heterocycles. The van der Waals surface area contributed by atoms with Crippen molar-refractivity contribution < 1.29 is 4.74 Å². The van der Waals surface area contributed by atoms with E-state index in [1.165, 1.54) is 19.3 Å². The van der Waals surface area contributed by atoms with Gasteiger partial charge in [0.05, 0.1) is 0 Å². The molecule has 0 spiro atoms. The maximum Gasteiger partial charge on any atom is 0.213 e. The van der Waals surface area contributed by atoms with Crippen molar-refractivity contribution in [3.05, 3.63) is 42.4 Å². The predicted molar refractivity (Wildman–Crippen MR) is 107 cm³/mol. The number of pyridine rings is 1. The van der Waals surface area contributed by atoms with Crippen LogP contribution in [-0.4, -0.2) is 40.4 Å². The standard InChI is InChI=1S/C20H30N6O/c1-21-20(22-11-5-13-26-14-6-12-25-26)24-16-17-9-10-19(23-15-17)27-18-7-3-2-4-8-18/h6,9-10,12,14-15,18H,2-5,7-8,11,13,16H2,1H3,(H2,21,22,24). The molecule has 1 aliphatic carbocycles. The van der Waals surface area contributed by atoms with E-state index < -0.39 is 0 Å². The van der Waals surface area contributed by atoms with E-state index in [0.29, 0.717) is 12.6 Å². The number of rotatable bonds is 8. The van der Waals surface area contributed by atoms with Crippen LogP contribution in [-0.2, 0) is 13.1 Å². The van der Waals surface area contributed by atoms with Crippen molar-refractivity contribution >= 4 is 5.96 Å². The average molecular weight is 371 g/mol. The van der Waals surface area contributed by atoms with E-state index in [9.17, 15) is 0 Å². The SMILES string of the molecule is CN=C(NCCCn1cccn1)NCc1ccc(OC2CCCCC2)nc1. The molecule has 0 bridgehead atoms. The maximum absolute atomic E-state index is 5.98.